The first-order chi connectivity index (χ1) is 7.12. The summed E-state index contributed by atoms with van der Waals surface area (Å²) >= 11 is 1.50. The van der Waals surface area contributed by atoms with E-state index in [2.05, 4.69) is 13.0 Å². The monoisotopic (exact) mass is 221 g/mol. The maximum atomic E-state index is 10.8. The molecule has 2 rings (SSSR count). The summed E-state index contributed by atoms with van der Waals surface area (Å²) in [5.41, 5.74) is 8.37. The van der Waals surface area contributed by atoms with Gasteiger partial charge >= 0.3 is 0 Å². The number of aldehydes is 1. The van der Waals surface area contributed by atoms with Crippen molar-refractivity contribution in [1.29, 1.82) is 0 Å². The average Bonchev–Trinajstić information content (AvgIpc) is 2.65. The molecule has 1 aliphatic rings. The maximum Gasteiger partial charge on any atom is 0.160 e. The van der Waals surface area contributed by atoms with E-state index in [1.807, 2.05) is 11.4 Å². The van der Waals surface area contributed by atoms with E-state index in [9.17, 15) is 4.79 Å². The molecule has 0 saturated carbocycles. The number of carbonyl (C=O) groups excluding carboxylic acids is 1. The van der Waals surface area contributed by atoms with Gasteiger partial charge in [0, 0.05) is 5.54 Å². The molecule has 0 saturated heterocycles. The quantitative estimate of drug-likeness (QED) is 0.780. The van der Waals surface area contributed by atoms with Crippen LogP contribution in [0.25, 0.3) is 5.57 Å². The molecule has 1 aromatic rings. The second-order valence-corrected chi connectivity index (χ2v) is 5.35. The van der Waals surface area contributed by atoms with Gasteiger partial charge < -0.3 is 5.73 Å². The van der Waals surface area contributed by atoms with Crippen LogP contribution in [0.2, 0.25) is 0 Å². The van der Waals surface area contributed by atoms with Gasteiger partial charge in [-0.05, 0) is 48.8 Å². The first-order valence-electron chi connectivity index (χ1n) is 5.13. The van der Waals surface area contributed by atoms with Crippen LogP contribution < -0.4 is 5.73 Å². The molecular weight excluding hydrogens is 206 g/mol. The third-order valence-corrected chi connectivity index (χ3v) is 3.77. The number of hydrogen-bond acceptors (Lipinski definition) is 3. The Hall–Kier alpha value is -0.930. The van der Waals surface area contributed by atoms with Crippen molar-refractivity contribution in [2.24, 2.45) is 5.73 Å². The molecular formula is C12H15NOS. The molecule has 0 spiro atoms. The first-order valence-corrected chi connectivity index (χ1v) is 6.01. The van der Waals surface area contributed by atoms with Gasteiger partial charge in [0.1, 0.15) is 0 Å². The molecule has 1 atom stereocenters. The molecule has 2 nitrogen and oxygen atoms in total. The summed E-state index contributed by atoms with van der Waals surface area (Å²) in [5.74, 6) is 0. The SMILES string of the molecule is CC1(N)CC=C(c2ccsc2C=O)CC1. The highest BCUT2D eigenvalue weighted by Crippen LogP contribution is 2.33. The lowest BCUT2D eigenvalue weighted by atomic mass is 9.83. The van der Waals surface area contributed by atoms with Crippen LogP contribution in [0.1, 0.15) is 41.4 Å². The van der Waals surface area contributed by atoms with Crippen molar-refractivity contribution in [3.05, 3.63) is 28.0 Å². The number of nitrogens with two attached hydrogens (primary N) is 1. The lowest BCUT2D eigenvalue weighted by Gasteiger charge is -2.28. The molecule has 0 amide bonds. The van der Waals surface area contributed by atoms with Gasteiger partial charge in [-0.25, -0.2) is 0 Å². The van der Waals surface area contributed by atoms with E-state index < -0.39 is 0 Å². The van der Waals surface area contributed by atoms with Crippen molar-refractivity contribution in [2.45, 2.75) is 31.7 Å². The predicted molar refractivity (Wildman–Crippen MR) is 64.1 cm³/mol. The van der Waals surface area contributed by atoms with E-state index >= 15 is 0 Å². The molecule has 1 heterocycles. The Morgan fingerprint density at radius 3 is 3.00 bits per heavy atom. The highest BCUT2D eigenvalue weighted by atomic mass is 32.1. The van der Waals surface area contributed by atoms with Crippen LogP contribution >= 0.6 is 11.3 Å². The van der Waals surface area contributed by atoms with Gasteiger partial charge in [-0.3, -0.25) is 4.79 Å². The van der Waals surface area contributed by atoms with Crippen LogP contribution in [0.5, 0.6) is 0 Å². The van der Waals surface area contributed by atoms with Crippen LogP contribution in [0, 0.1) is 0 Å². The Kier molecular flexibility index (Phi) is 2.76. The molecule has 80 valence electrons. The summed E-state index contributed by atoms with van der Waals surface area (Å²) in [6, 6.07) is 2.03. The lowest BCUT2D eigenvalue weighted by molar-refractivity contribution is 0.112. The zero-order valence-electron chi connectivity index (χ0n) is 8.82. The number of rotatable bonds is 2. The second-order valence-electron chi connectivity index (χ2n) is 4.40. The maximum absolute atomic E-state index is 10.8. The van der Waals surface area contributed by atoms with E-state index in [1.54, 1.807) is 0 Å². The Balaban J connectivity index is 2.26. The van der Waals surface area contributed by atoms with E-state index in [0.717, 1.165) is 36.0 Å². The first kappa shape index (κ1) is 10.6. The Morgan fingerprint density at radius 1 is 1.60 bits per heavy atom. The van der Waals surface area contributed by atoms with Crippen LogP contribution in [0.4, 0.5) is 0 Å². The van der Waals surface area contributed by atoms with Crippen LogP contribution in [-0.4, -0.2) is 11.8 Å². The van der Waals surface area contributed by atoms with Crippen molar-refractivity contribution >= 4 is 23.2 Å². The summed E-state index contributed by atoms with van der Waals surface area (Å²) in [6.45, 7) is 2.08. The second kappa shape index (κ2) is 3.91. The molecule has 0 aliphatic heterocycles. The zero-order valence-corrected chi connectivity index (χ0v) is 9.64. The molecule has 1 unspecified atom stereocenters. The Labute approximate surface area is 93.8 Å². The van der Waals surface area contributed by atoms with Gasteiger partial charge in [0.05, 0.1) is 4.88 Å². The highest BCUT2D eigenvalue weighted by Gasteiger charge is 2.23. The lowest BCUT2D eigenvalue weighted by Crippen LogP contribution is -2.37. The number of thiophene rings is 1. The standard InChI is InChI=1S/C12H15NOS/c1-12(13)5-2-9(3-6-12)10-4-7-15-11(10)8-14/h2,4,7-8H,3,5-6,13H2,1H3. The van der Waals surface area contributed by atoms with Gasteiger partial charge in [0.25, 0.3) is 0 Å². The van der Waals surface area contributed by atoms with Crippen molar-refractivity contribution in [1.82, 2.24) is 0 Å². The predicted octanol–water partition coefficient (Wildman–Crippen LogP) is 2.85. The van der Waals surface area contributed by atoms with Crippen molar-refractivity contribution in [2.75, 3.05) is 0 Å². The molecule has 0 fully saturated rings. The van der Waals surface area contributed by atoms with Crippen molar-refractivity contribution in [3.8, 4) is 0 Å². The zero-order chi connectivity index (χ0) is 10.9. The summed E-state index contributed by atoms with van der Waals surface area (Å²) in [4.78, 5) is 11.7. The average molecular weight is 221 g/mol. The van der Waals surface area contributed by atoms with Crippen molar-refractivity contribution < 1.29 is 4.79 Å². The largest absolute Gasteiger partial charge is 0.325 e. The molecule has 2 N–H and O–H groups in total. The summed E-state index contributed by atoms with van der Waals surface area (Å²) in [7, 11) is 0. The van der Waals surface area contributed by atoms with E-state index in [-0.39, 0.29) is 5.54 Å². The molecule has 0 bridgehead atoms. The normalized spacial score (nSPS) is 26.1. The minimum atomic E-state index is -0.0686. The molecule has 15 heavy (non-hydrogen) atoms. The number of carbonyl (C=O) groups is 1. The van der Waals surface area contributed by atoms with Gasteiger partial charge in [0.2, 0.25) is 0 Å². The molecule has 3 heteroatoms. The minimum absolute atomic E-state index is 0.0686. The van der Waals surface area contributed by atoms with Crippen LogP contribution in [-0.2, 0) is 0 Å². The van der Waals surface area contributed by atoms with E-state index in [0.29, 0.717) is 0 Å². The highest BCUT2D eigenvalue weighted by molar-refractivity contribution is 7.12. The van der Waals surface area contributed by atoms with E-state index in [4.69, 9.17) is 5.73 Å². The summed E-state index contributed by atoms with van der Waals surface area (Å²) in [6.07, 6.45) is 5.99. The van der Waals surface area contributed by atoms with E-state index in [1.165, 1.54) is 16.9 Å². The molecule has 0 aromatic carbocycles. The molecule has 1 aromatic heterocycles. The Bertz CT molecular complexity index is 404. The summed E-state index contributed by atoms with van der Waals surface area (Å²) in [5, 5.41) is 1.97. The van der Waals surface area contributed by atoms with Gasteiger partial charge in [-0.2, -0.15) is 0 Å². The smallest absolute Gasteiger partial charge is 0.160 e. The number of hydrogen-bond donors (Lipinski definition) is 1. The minimum Gasteiger partial charge on any atom is -0.325 e. The van der Waals surface area contributed by atoms with Crippen LogP contribution in [0.3, 0.4) is 0 Å². The Morgan fingerprint density at radius 2 is 2.40 bits per heavy atom. The summed E-state index contributed by atoms with van der Waals surface area (Å²) < 4.78 is 0. The fourth-order valence-electron chi connectivity index (χ4n) is 1.90. The van der Waals surface area contributed by atoms with Crippen molar-refractivity contribution in [3.63, 3.8) is 0 Å². The third-order valence-electron chi connectivity index (χ3n) is 2.93. The fraction of sp³-hybridized carbons (Fsp3) is 0.417. The van der Waals surface area contributed by atoms with Gasteiger partial charge in [-0.15, -0.1) is 11.3 Å². The van der Waals surface area contributed by atoms with Crippen LogP contribution in [0.15, 0.2) is 17.5 Å². The molecule has 0 radical (unpaired) electrons. The van der Waals surface area contributed by atoms with Gasteiger partial charge in [0.15, 0.2) is 6.29 Å². The van der Waals surface area contributed by atoms with Gasteiger partial charge in [-0.1, -0.05) is 6.08 Å². The number of allylic oxidation sites excluding steroid dienone is 1. The fourth-order valence-corrected chi connectivity index (χ4v) is 2.64. The topological polar surface area (TPSA) is 43.1 Å². The third kappa shape index (κ3) is 2.19. The molecule has 1 aliphatic carbocycles.